The van der Waals surface area contributed by atoms with Gasteiger partial charge in [-0.3, -0.25) is 4.79 Å². The second-order valence-corrected chi connectivity index (χ2v) is 8.30. The fourth-order valence-electron chi connectivity index (χ4n) is 3.54. The summed E-state index contributed by atoms with van der Waals surface area (Å²) in [4.78, 5) is 31.5. The van der Waals surface area contributed by atoms with E-state index in [1.165, 1.54) is 36.2 Å². The van der Waals surface area contributed by atoms with Crippen molar-refractivity contribution in [1.82, 2.24) is 14.5 Å². The van der Waals surface area contributed by atoms with Gasteiger partial charge in [-0.2, -0.15) is 0 Å². The molecule has 1 amide bonds. The lowest BCUT2D eigenvalue weighted by Gasteiger charge is -2.30. The summed E-state index contributed by atoms with van der Waals surface area (Å²) in [6.07, 6.45) is 5.74. The topological polar surface area (TPSA) is 97.1 Å². The van der Waals surface area contributed by atoms with Crippen molar-refractivity contribution in [2.45, 2.75) is 37.4 Å². The summed E-state index contributed by atoms with van der Waals surface area (Å²) in [6.45, 7) is 1.42. The number of carbonyl (C=O) groups excluding carboxylic acids is 1. The Labute approximate surface area is 188 Å². The third-order valence-electron chi connectivity index (χ3n) is 5.16. The number of carboxylic acids is 1. The van der Waals surface area contributed by atoms with Crippen molar-refractivity contribution >= 4 is 29.5 Å². The minimum atomic E-state index is -1.03. The Hall–Kier alpha value is -3.46. The third kappa shape index (κ3) is 4.72. The van der Waals surface area contributed by atoms with Crippen LogP contribution in [0.5, 0.6) is 0 Å². The molecular weight excluding hydrogens is 431 g/mol. The van der Waals surface area contributed by atoms with Gasteiger partial charge in [-0.05, 0) is 61.1 Å². The largest absolute Gasteiger partial charge is 0.478 e. The number of aliphatic carboxylic acids is 1. The zero-order chi connectivity index (χ0) is 22.7. The standard InChI is InChI=1S/C23H21FN4O3S/c1-14(29)26-19-13-16(9-11-25-19)22-21(15-5-7-17(24)8-6-15)27-23(32-12-10-20(30)31)28(22)18-3-2-4-18/h5-13,18H,2-4H2,1H3,(H,30,31)(H,25,26,29)/b12-10-. The van der Waals surface area contributed by atoms with E-state index in [0.717, 1.165) is 42.2 Å². The number of carboxylic acid groups (broad SMARTS) is 1. The molecule has 1 aliphatic carbocycles. The predicted octanol–water partition coefficient (Wildman–Crippen LogP) is 5.13. The number of rotatable bonds is 7. The maximum atomic E-state index is 13.6. The van der Waals surface area contributed by atoms with E-state index in [-0.39, 0.29) is 17.8 Å². The zero-order valence-corrected chi connectivity index (χ0v) is 18.1. The summed E-state index contributed by atoms with van der Waals surface area (Å²) in [7, 11) is 0. The molecule has 2 aromatic heterocycles. The number of nitrogens with one attached hydrogen (secondary N) is 1. The molecule has 3 aromatic rings. The molecule has 0 bridgehead atoms. The van der Waals surface area contributed by atoms with E-state index in [1.54, 1.807) is 24.4 Å². The van der Waals surface area contributed by atoms with Crippen molar-refractivity contribution in [2.75, 3.05) is 5.32 Å². The summed E-state index contributed by atoms with van der Waals surface area (Å²) in [6, 6.07) is 9.94. The van der Waals surface area contributed by atoms with Crippen molar-refractivity contribution in [2.24, 2.45) is 0 Å². The monoisotopic (exact) mass is 452 g/mol. The van der Waals surface area contributed by atoms with E-state index in [0.29, 0.717) is 16.7 Å². The minimum absolute atomic E-state index is 0.213. The van der Waals surface area contributed by atoms with Crippen LogP contribution in [0.25, 0.3) is 22.5 Å². The molecule has 4 rings (SSSR count). The Bertz CT molecular complexity index is 1190. The molecule has 9 heteroatoms. The quantitative estimate of drug-likeness (QED) is 0.381. The lowest BCUT2D eigenvalue weighted by atomic mass is 9.92. The van der Waals surface area contributed by atoms with Crippen LogP contribution in [0.2, 0.25) is 0 Å². The van der Waals surface area contributed by atoms with Crippen LogP contribution in [-0.4, -0.2) is 31.5 Å². The molecular formula is C23H21FN4O3S. The van der Waals surface area contributed by atoms with Gasteiger partial charge in [0, 0.05) is 36.4 Å². The number of carbonyl (C=O) groups is 2. The highest BCUT2D eigenvalue weighted by Gasteiger charge is 2.29. The average Bonchev–Trinajstić information content (AvgIpc) is 3.05. The van der Waals surface area contributed by atoms with Gasteiger partial charge in [0.2, 0.25) is 5.91 Å². The van der Waals surface area contributed by atoms with Crippen molar-refractivity contribution in [3.63, 3.8) is 0 Å². The Morgan fingerprint density at radius 2 is 1.97 bits per heavy atom. The SMILES string of the molecule is CC(=O)Nc1cc(-c2c(-c3ccc(F)cc3)nc(S/C=C\C(=O)O)n2C2CCC2)ccn1. The van der Waals surface area contributed by atoms with Gasteiger partial charge in [0.15, 0.2) is 5.16 Å². The summed E-state index contributed by atoms with van der Waals surface area (Å²) in [5.41, 5.74) is 3.02. The lowest BCUT2D eigenvalue weighted by Crippen LogP contribution is -2.18. The van der Waals surface area contributed by atoms with E-state index in [2.05, 4.69) is 14.9 Å². The minimum Gasteiger partial charge on any atom is -0.478 e. The summed E-state index contributed by atoms with van der Waals surface area (Å²) in [5.74, 6) is -1.19. The van der Waals surface area contributed by atoms with E-state index in [9.17, 15) is 14.0 Å². The molecule has 1 saturated carbocycles. The smallest absolute Gasteiger partial charge is 0.328 e. The number of imidazole rings is 1. The van der Waals surface area contributed by atoms with Crippen LogP contribution in [0.3, 0.4) is 0 Å². The molecule has 0 saturated heterocycles. The van der Waals surface area contributed by atoms with Gasteiger partial charge in [0.1, 0.15) is 11.6 Å². The number of anilines is 1. The number of halogens is 1. The molecule has 0 spiro atoms. The van der Waals surface area contributed by atoms with Crippen LogP contribution in [0.4, 0.5) is 10.2 Å². The Morgan fingerprint density at radius 3 is 2.59 bits per heavy atom. The Kier molecular flexibility index (Phi) is 6.36. The van der Waals surface area contributed by atoms with E-state index in [4.69, 9.17) is 10.1 Å². The van der Waals surface area contributed by atoms with Gasteiger partial charge < -0.3 is 15.0 Å². The summed E-state index contributed by atoms with van der Waals surface area (Å²) in [5, 5.41) is 13.8. The van der Waals surface area contributed by atoms with Crippen LogP contribution in [0, 0.1) is 5.82 Å². The molecule has 1 aliphatic rings. The number of hydrogen-bond donors (Lipinski definition) is 2. The number of hydrogen-bond acceptors (Lipinski definition) is 5. The number of aromatic nitrogens is 3. The van der Waals surface area contributed by atoms with Crippen LogP contribution < -0.4 is 5.32 Å². The molecule has 0 radical (unpaired) electrons. The molecule has 32 heavy (non-hydrogen) atoms. The van der Waals surface area contributed by atoms with E-state index >= 15 is 0 Å². The predicted molar refractivity (Wildman–Crippen MR) is 121 cm³/mol. The number of nitrogens with zero attached hydrogens (tertiary/aromatic N) is 3. The molecule has 164 valence electrons. The van der Waals surface area contributed by atoms with Crippen molar-refractivity contribution in [3.8, 4) is 22.5 Å². The fourth-order valence-corrected chi connectivity index (χ4v) is 4.35. The second kappa shape index (κ2) is 9.35. The molecule has 2 heterocycles. The molecule has 1 aromatic carbocycles. The Balaban J connectivity index is 1.90. The molecule has 0 unspecified atom stereocenters. The normalized spacial score (nSPS) is 13.8. The van der Waals surface area contributed by atoms with Gasteiger partial charge >= 0.3 is 5.97 Å². The first-order valence-electron chi connectivity index (χ1n) is 10.1. The van der Waals surface area contributed by atoms with Crippen LogP contribution in [0.15, 0.2) is 59.2 Å². The molecule has 1 fully saturated rings. The molecule has 7 nitrogen and oxygen atoms in total. The summed E-state index contributed by atoms with van der Waals surface area (Å²) < 4.78 is 15.7. The molecule has 0 atom stereocenters. The van der Waals surface area contributed by atoms with Gasteiger partial charge in [0.25, 0.3) is 0 Å². The van der Waals surface area contributed by atoms with Gasteiger partial charge in [-0.15, -0.1) is 0 Å². The first kappa shape index (κ1) is 21.8. The number of benzene rings is 1. The van der Waals surface area contributed by atoms with Crippen molar-refractivity contribution < 1.29 is 19.1 Å². The highest BCUT2D eigenvalue weighted by molar-refractivity contribution is 8.02. The van der Waals surface area contributed by atoms with Crippen LogP contribution in [0.1, 0.15) is 32.2 Å². The Morgan fingerprint density at radius 1 is 1.22 bits per heavy atom. The third-order valence-corrected chi connectivity index (χ3v) is 5.93. The van der Waals surface area contributed by atoms with Gasteiger partial charge in [0.05, 0.1) is 11.4 Å². The zero-order valence-electron chi connectivity index (χ0n) is 17.3. The average molecular weight is 453 g/mol. The van der Waals surface area contributed by atoms with Gasteiger partial charge in [-0.25, -0.2) is 19.2 Å². The first-order valence-corrected chi connectivity index (χ1v) is 11.0. The van der Waals surface area contributed by atoms with Crippen LogP contribution >= 0.6 is 11.8 Å². The highest BCUT2D eigenvalue weighted by atomic mass is 32.2. The fraction of sp³-hybridized carbons (Fsp3) is 0.217. The maximum absolute atomic E-state index is 13.6. The second-order valence-electron chi connectivity index (χ2n) is 7.42. The van der Waals surface area contributed by atoms with Gasteiger partial charge in [-0.1, -0.05) is 11.8 Å². The number of pyridine rings is 1. The highest BCUT2D eigenvalue weighted by Crippen LogP contribution is 2.44. The molecule has 2 N–H and O–H groups in total. The lowest BCUT2D eigenvalue weighted by molar-refractivity contribution is -0.131. The van der Waals surface area contributed by atoms with Crippen molar-refractivity contribution in [1.29, 1.82) is 0 Å². The number of thioether (sulfide) groups is 1. The van der Waals surface area contributed by atoms with Crippen LogP contribution in [-0.2, 0) is 9.59 Å². The van der Waals surface area contributed by atoms with E-state index < -0.39 is 5.97 Å². The summed E-state index contributed by atoms with van der Waals surface area (Å²) >= 11 is 1.23. The number of amides is 1. The molecule has 0 aliphatic heterocycles. The first-order chi connectivity index (χ1) is 15.4. The van der Waals surface area contributed by atoms with Crippen molar-refractivity contribution in [3.05, 3.63) is 59.9 Å². The maximum Gasteiger partial charge on any atom is 0.328 e. The van der Waals surface area contributed by atoms with E-state index in [1.807, 2.05) is 6.07 Å².